The molecule has 3 aromatic rings. The third kappa shape index (κ3) is 3.28. The van der Waals surface area contributed by atoms with E-state index in [1.165, 1.54) is 22.3 Å². The van der Waals surface area contributed by atoms with Crippen LogP contribution in [0.25, 0.3) is 0 Å². The molecular weight excluding hydrogens is 368 g/mol. The number of hydrogen-bond donors (Lipinski definition) is 0. The summed E-state index contributed by atoms with van der Waals surface area (Å²) >= 11 is 0. The maximum absolute atomic E-state index is 6.48. The van der Waals surface area contributed by atoms with Crippen molar-refractivity contribution in [3.63, 3.8) is 0 Å². The molecule has 0 amide bonds. The van der Waals surface area contributed by atoms with Gasteiger partial charge in [0, 0.05) is 17.5 Å². The van der Waals surface area contributed by atoms with Crippen molar-refractivity contribution in [3.05, 3.63) is 101 Å². The number of ether oxygens (including phenoxy) is 1. The minimum Gasteiger partial charge on any atom is -0.464 e. The lowest BCUT2D eigenvalue weighted by atomic mass is 9.86. The topological polar surface area (TPSA) is 24.8 Å². The summed E-state index contributed by atoms with van der Waals surface area (Å²) in [4.78, 5) is 0. The summed E-state index contributed by atoms with van der Waals surface area (Å²) in [6, 6.07) is 26.0. The van der Waals surface area contributed by atoms with E-state index in [1.54, 1.807) is 0 Å². The molecule has 0 N–H and O–H groups in total. The first-order valence-corrected chi connectivity index (χ1v) is 10.7. The molecule has 0 bridgehead atoms. The van der Waals surface area contributed by atoms with Gasteiger partial charge in [-0.25, -0.2) is 5.01 Å². The van der Waals surface area contributed by atoms with Crippen molar-refractivity contribution in [1.29, 1.82) is 0 Å². The standard InChI is InChI=1S/C27H28N2O/c1-18-9-11-19(12-10-18)23-17-24-22-7-5-6-8-25(22)30-26(29(24)28-23)20-13-15-21(16-14-20)27(2,3)4/h5-16,24,26H,17H2,1-4H3/t24-,26-/m1/s1. The van der Waals surface area contributed by atoms with E-state index < -0.39 is 0 Å². The molecule has 0 saturated carbocycles. The highest BCUT2D eigenvalue weighted by molar-refractivity contribution is 6.02. The number of benzene rings is 3. The van der Waals surface area contributed by atoms with Crippen LogP contribution in [-0.4, -0.2) is 10.7 Å². The van der Waals surface area contributed by atoms with Crippen molar-refractivity contribution in [3.8, 4) is 5.75 Å². The van der Waals surface area contributed by atoms with Crippen molar-refractivity contribution >= 4 is 5.71 Å². The number of fused-ring (bicyclic) bond motifs is 3. The van der Waals surface area contributed by atoms with Crippen LogP contribution in [0.3, 0.4) is 0 Å². The molecule has 0 spiro atoms. The monoisotopic (exact) mass is 396 g/mol. The summed E-state index contributed by atoms with van der Waals surface area (Å²) in [5.74, 6) is 0.962. The van der Waals surface area contributed by atoms with E-state index in [2.05, 4.69) is 99.4 Å². The van der Waals surface area contributed by atoms with Crippen LogP contribution in [-0.2, 0) is 5.41 Å². The number of hydrogen-bond acceptors (Lipinski definition) is 3. The Kier molecular flexibility index (Phi) is 4.43. The number of rotatable bonds is 2. The normalized spacial score (nSPS) is 20.3. The lowest BCUT2D eigenvalue weighted by Gasteiger charge is -2.38. The molecule has 2 atom stereocenters. The van der Waals surface area contributed by atoms with Crippen molar-refractivity contribution in [2.45, 2.75) is 51.8 Å². The van der Waals surface area contributed by atoms with E-state index in [0.29, 0.717) is 0 Å². The Morgan fingerprint density at radius 2 is 1.60 bits per heavy atom. The summed E-state index contributed by atoms with van der Waals surface area (Å²) < 4.78 is 6.48. The lowest BCUT2D eigenvalue weighted by Crippen LogP contribution is -2.33. The summed E-state index contributed by atoms with van der Waals surface area (Å²) in [5, 5.41) is 7.22. The minimum atomic E-state index is -0.220. The molecular formula is C27H28N2O. The second-order valence-corrected chi connectivity index (χ2v) is 9.39. The van der Waals surface area contributed by atoms with E-state index >= 15 is 0 Å². The SMILES string of the molecule is Cc1ccc(C2=NN3[C@H](C2)c2ccccc2O[C@@H]3c2ccc(C(C)(C)C)cc2)cc1. The molecule has 2 aliphatic rings. The number of aryl methyl sites for hydroxylation is 1. The fourth-order valence-electron chi connectivity index (χ4n) is 4.32. The average molecular weight is 397 g/mol. The molecule has 0 saturated heterocycles. The zero-order chi connectivity index (χ0) is 20.9. The maximum Gasteiger partial charge on any atom is 0.213 e. The van der Waals surface area contributed by atoms with Crippen molar-refractivity contribution in [2.24, 2.45) is 5.10 Å². The van der Waals surface area contributed by atoms with E-state index in [4.69, 9.17) is 9.84 Å². The molecule has 152 valence electrons. The molecule has 0 radical (unpaired) electrons. The Balaban J connectivity index is 1.55. The van der Waals surface area contributed by atoms with E-state index in [1.807, 2.05) is 6.07 Å². The van der Waals surface area contributed by atoms with Gasteiger partial charge in [0.25, 0.3) is 0 Å². The van der Waals surface area contributed by atoms with E-state index in [9.17, 15) is 0 Å². The molecule has 3 nitrogen and oxygen atoms in total. The minimum absolute atomic E-state index is 0.130. The predicted molar refractivity (Wildman–Crippen MR) is 122 cm³/mol. The third-order valence-electron chi connectivity index (χ3n) is 6.15. The van der Waals surface area contributed by atoms with Gasteiger partial charge in [0.15, 0.2) is 0 Å². The predicted octanol–water partition coefficient (Wildman–Crippen LogP) is 6.53. The Hall–Kier alpha value is -3.07. The van der Waals surface area contributed by atoms with Crippen molar-refractivity contribution in [1.82, 2.24) is 5.01 Å². The van der Waals surface area contributed by atoms with Gasteiger partial charge in [0.1, 0.15) is 5.75 Å². The first kappa shape index (κ1) is 18.9. The van der Waals surface area contributed by atoms with Gasteiger partial charge in [0.05, 0.1) is 11.8 Å². The van der Waals surface area contributed by atoms with Crippen LogP contribution < -0.4 is 4.74 Å². The van der Waals surface area contributed by atoms with E-state index in [0.717, 1.165) is 23.4 Å². The van der Waals surface area contributed by atoms with Crippen molar-refractivity contribution < 1.29 is 4.74 Å². The fraction of sp³-hybridized carbons (Fsp3) is 0.296. The molecule has 2 aliphatic heterocycles. The second kappa shape index (κ2) is 7.02. The molecule has 2 heterocycles. The van der Waals surface area contributed by atoms with Crippen LogP contribution in [0, 0.1) is 6.92 Å². The van der Waals surface area contributed by atoms with Gasteiger partial charge >= 0.3 is 0 Å². The van der Waals surface area contributed by atoms with Crippen LogP contribution in [0.15, 0.2) is 77.9 Å². The number of hydrazone groups is 1. The largest absolute Gasteiger partial charge is 0.464 e. The van der Waals surface area contributed by atoms with Gasteiger partial charge in [-0.2, -0.15) is 5.10 Å². The highest BCUT2D eigenvalue weighted by atomic mass is 16.5. The summed E-state index contributed by atoms with van der Waals surface area (Å²) in [6.07, 6.45) is 0.668. The molecule has 5 rings (SSSR count). The highest BCUT2D eigenvalue weighted by Crippen LogP contribution is 2.47. The van der Waals surface area contributed by atoms with Crippen LogP contribution in [0.1, 0.15) is 67.3 Å². The molecule has 0 aliphatic carbocycles. The number of para-hydroxylation sites is 1. The Bertz CT molecular complexity index is 1090. The van der Waals surface area contributed by atoms with Crippen LogP contribution in [0.2, 0.25) is 0 Å². The fourth-order valence-corrected chi connectivity index (χ4v) is 4.32. The zero-order valence-corrected chi connectivity index (χ0v) is 18.1. The van der Waals surface area contributed by atoms with Crippen LogP contribution >= 0.6 is 0 Å². The first-order chi connectivity index (χ1) is 14.4. The zero-order valence-electron chi connectivity index (χ0n) is 18.1. The quantitative estimate of drug-likeness (QED) is 0.492. The summed E-state index contributed by atoms with van der Waals surface area (Å²) in [7, 11) is 0. The summed E-state index contributed by atoms with van der Waals surface area (Å²) in [5.41, 5.74) is 7.38. The first-order valence-electron chi connectivity index (χ1n) is 10.7. The van der Waals surface area contributed by atoms with Crippen LogP contribution in [0.4, 0.5) is 0 Å². The Morgan fingerprint density at radius 1 is 0.900 bits per heavy atom. The van der Waals surface area contributed by atoms with Crippen molar-refractivity contribution in [2.75, 3.05) is 0 Å². The van der Waals surface area contributed by atoms with Gasteiger partial charge in [-0.3, -0.25) is 0 Å². The molecule has 0 fully saturated rings. The number of nitrogens with zero attached hydrogens (tertiary/aromatic N) is 2. The average Bonchev–Trinajstić information content (AvgIpc) is 3.19. The molecule has 3 heteroatoms. The third-order valence-corrected chi connectivity index (χ3v) is 6.15. The lowest BCUT2D eigenvalue weighted by molar-refractivity contribution is -0.0190. The van der Waals surface area contributed by atoms with Crippen LogP contribution in [0.5, 0.6) is 5.75 Å². The Morgan fingerprint density at radius 3 is 2.30 bits per heavy atom. The molecule has 0 aromatic heterocycles. The Labute approximate surface area is 179 Å². The van der Waals surface area contributed by atoms with Gasteiger partial charge in [-0.1, -0.05) is 93.1 Å². The van der Waals surface area contributed by atoms with Gasteiger partial charge in [0.2, 0.25) is 6.23 Å². The molecule has 30 heavy (non-hydrogen) atoms. The molecule has 0 unspecified atom stereocenters. The van der Waals surface area contributed by atoms with E-state index in [-0.39, 0.29) is 17.7 Å². The smallest absolute Gasteiger partial charge is 0.213 e. The highest BCUT2D eigenvalue weighted by Gasteiger charge is 2.40. The van der Waals surface area contributed by atoms with Gasteiger partial charge in [-0.05, 0) is 29.5 Å². The maximum atomic E-state index is 6.48. The second-order valence-electron chi connectivity index (χ2n) is 9.39. The molecule has 3 aromatic carbocycles. The van der Waals surface area contributed by atoms with Gasteiger partial charge in [-0.15, -0.1) is 0 Å². The summed E-state index contributed by atoms with van der Waals surface area (Å²) in [6.45, 7) is 8.84. The van der Waals surface area contributed by atoms with Gasteiger partial charge < -0.3 is 4.74 Å².